The quantitative estimate of drug-likeness (QED) is 0.678. The molecule has 2 rings (SSSR count). The van der Waals surface area contributed by atoms with E-state index in [9.17, 15) is 9.59 Å². The van der Waals surface area contributed by atoms with Crippen molar-refractivity contribution in [2.24, 2.45) is 0 Å². The lowest BCUT2D eigenvalue weighted by atomic mass is 9.88. The second-order valence-electron chi connectivity index (χ2n) is 4.84. The van der Waals surface area contributed by atoms with Crippen molar-refractivity contribution in [2.45, 2.75) is 32.1 Å². The van der Waals surface area contributed by atoms with Gasteiger partial charge in [-0.2, -0.15) is 0 Å². The molecule has 0 atom stereocenters. The van der Waals surface area contributed by atoms with Gasteiger partial charge in [0.25, 0.3) is 5.56 Å². The smallest absolute Gasteiger partial charge is 0.339 e. The van der Waals surface area contributed by atoms with Crippen molar-refractivity contribution in [3.05, 3.63) is 52.0 Å². The van der Waals surface area contributed by atoms with Gasteiger partial charge in [-0.05, 0) is 37.7 Å². The first-order valence-corrected chi connectivity index (χ1v) is 6.82. The fourth-order valence-electron chi connectivity index (χ4n) is 2.62. The maximum absolute atomic E-state index is 12.1. The maximum Gasteiger partial charge on any atom is 0.339 e. The summed E-state index contributed by atoms with van der Waals surface area (Å²) >= 11 is 0. The van der Waals surface area contributed by atoms with Crippen LogP contribution in [-0.2, 0) is 11.2 Å². The van der Waals surface area contributed by atoms with Crippen molar-refractivity contribution in [3.8, 4) is 0 Å². The molecule has 0 saturated carbocycles. The molecule has 1 N–H and O–H groups in total. The molecule has 0 unspecified atom stereocenters. The van der Waals surface area contributed by atoms with Gasteiger partial charge in [0.2, 0.25) is 0 Å². The topological polar surface area (TPSA) is 59.2 Å². The predicted molar refractivity (Wildman–Crippen MR) is 78.7 cm³/mol. The standard InChI is InChI=1S/C16H19NO3/c1-3-7-12-14(11-8-5-4-6-9-11)13(16(19)20-2)10-17-15(12)18/h3,8,10H,1,4-7,9H2,2H3,(H,17,18). The fraction of sp³-hybridized carbons (Fsp3) is 0.375. The van der Waals surface area contributed by atoms with Crippen LogP contribution in [0.15, 0.2) is 29.7 Å². The van der Waals surface area contributed by atoms with E-state index in [0.717, 1.165) is 36.8 Å². The minimum Gasteiger partial charge on any atom is -0.465 e. The lowest BCUT2D eigenvalue weighted by Gasteiger charge is -2.18. The summed E-state index contributed by atoms with van der Waals surface area (Å²) in [5, 5.41) is 0. The predicted octanol–water partition coefficient (Wildman–Crippen LogP) is 2.85. The third-order valence-electron chi connectivity index (χ3n) is 3.56. The van der Waals surface area contributed by atoms with Crippen LogP contribution in [0.1, 0.15) is 47.2 Å². The number of ether oxygens (including phenoxy) is 1. The molecular formula is C16H19NO3. The van der Waals surface area contributed by atoms with Gasteiger partial charge in [0.05, 0.1) is 12.7 Å². The summed E-state index contributed by atoms with van der Waals surface area (Å²) in [4.78, 5) is 26.6. The molecule has 1 heterocycles. The van der Waals surface area contributed by atoms with Crippen LogP contribution in [0.2, 0.25) is 0 Å². The van der Waals surface area contributed by atoms with E-state index in [0.29, 0.717) is 17.5 Å². The number of carbonyl (C=O) groups excluding carboxylic acids is 1. The van der Waals surface area contributed by atoms with E-state index < -0.39 is 5.97 Å². The monoisotopic (exact) mass is 273 g/mol. The van der Waals surface area contributed by atoms with E-state index in [1.807, 2.05) is 0 Å². The molecule has 4 heteroatoms. The summed E-state index contributed by atoms with van der Waals surface area (Å²) in [6.07, 6.45) is 9.78. The Bertz CT molecular complexity index is 611. The lowest BCUT2D eigenvalue weighted by molar-refractivity contribution is 0.0599. The van der Waals surface area contributed by atoms with Gasteiger partial charge in [0, 0.05) is 17.3 Å². The number of H-pyrrole nitrogens is 1. The van der Waals surface area contributed by atoms with Crippen molar-refractivity contribution < 1.29 is 9.53 Å². The summed E-state index contributed by atoms with van der Waals surface area (Å²) in [7, 11) is 1.35. The highest BCUT2D eigenvalue weighted by Gasteiger charge is 2.21. The van der Waals surface area contributed by atoms with E-state index in [4.69, 9.17) is 4.74 Å². The Hall–Kier alpha value is -2.10. The molecule has 1 aliphatic rings. The molecule has 0 fully saturated rings. The van der Waals surface area contributed by atoms with Gasteiger partial charge in [-0.15, -0.1) is 6.58 Å². The minimum atomic E-state index is -0.423. The fourth-order valence-corrected chi connectivity index (χ4v) is 2.62. The average Bonchev–Trinajstić information content (AvgIpc) is 2.49. The van der Waals surface area contributed by atoms with Gasteiger partial charge in [-0.3, -0.25) is 4.79 Å². The molecule has 0 bridgehead atoms. The largest absolute Gasteiger partial charge is 0.465 e. The molecule has 20 heavy (non-hydrogen) atoms. The van der Waals surface area contributed by atoms with Crippen molar-refractivity contribution in [3.63, 3.8) is 0 Å². The lowest BCUT2D eigenvalue weighted by Crippen LogP contribution is -2.20. The van der Waals surface area contributed by atoms with Crippen LogP contribution >= 0.6 is 0 Å². The number of nitrogens with one attached hydrogen (secondary N) is 1. The Balaban J connectivity index is 2.67. The van der Waals surface area contributed by atoms with E-state index in [-0.39, 0.29) is 5.56 Å². The van der Waals surface area contributed by atoms with E-state index >= 15 is 0 Å². The van der Waals surface area contributed by atoms with Crippen LogP contribution in [0, 0.1) is 0 Å². The van der Waals surface area contributed by atoms with E-state index in [1.54, 1.807) is 6.08 Å². The molecule has 4 nitrogen and oxygen atoms in total. The number of hydrogen-bond acceptors (Lipinski definition) is 3. The summed E-state index contributed by atoms with van der Waals surface area (Å²) in [5.41, 5.74) is 2.66. The number of aromatic nitrogens is 1. The first-order chi connectivity index (χ1) is 9.69. The van der Waals surface area contributed by atoms with Crippen LogP contribution < -0.4 is 5.56 Å². The highest BCUT2D eigenvalue weighted by molar-refractivity contribution is 5.95. The molecule has 0 amide bonds. The normalized spacial score (nSPS) is 14.6. The molecule has 1 aromatic rings. The number of methoxy groups -OCH3 is 1. The summed E-state index contributed by atoms with van der Waals surface area (Å²) in [6, 6.07) is 0. The summed E-state index contributed by atoms with van der Waals surface area (Å²) in [6.45, 7) is 3.69. The number of hydrogen-bond donors (Lipinski definition) is 1. The first-order valence-electron chi connectivity index (χ1n) is 6.82. The van der Waals surface area contributed by atoms with Gasteiger partial charge < -0.3 is 9.72 Å². The zero-order chi connectivity index (χ0) is 14.5. The van der Waals surface area contributed by atoms with E-state index in [1.165, 1.54) is 13.3 Å². The van der Waals surface area contributed by atoms with Crippen LogP contribution in [0.25, 0.3) is 5.57 Å². The average molecular weight is 273 g/mol. The van der Waals surface area contributed by atoms with Gasteiger partial charge in [0.1, 0.15) is 0 Å². The molecule has 0 aromatic carbocycles. The summed E-state index contributed by atoms with van der Waals surface area (Å²) in [5.74, 6) is -0.423. The zero-order valence-electron chi connectivity index (χ0n) is 11.7. The Kier molecular flexibility index (Phi) is 4.56. The Labute approximate surface area is 118 Å². The van der Waals surface area contributed by atoms with Crippen molar-refractivity contribution >= 4 is 11.5 Å². The first kappa shape index (κ1) is 14.3. The van der Waals surface area contributed by atoms with Crippen LogP contribution in [-0.4, -0.2) is 18.1 Å². The molecule has 1 aromatic heterocycles. The molecule has 0 saturated heterocycles. The van der Waals surface area contributed by atoms with E-state index in [2.05, 4.69) is 17.6 Å². The molecule has 0 aliphatic heterocycles. The molecule has 0 spiro atoms. The van der Waals surface area contributed by atoms with Crippen molar-refractivity contribution in [2.75, 3.05) is 7.11 Å². The van der Waals surface area contributed by atoms with Crippen LogP contribution in [0.5, 0.6) is 0 Å². The van der Waals surface area contributed by atoms with Crippen LogP contribution in [0.4, 0.5) is 0 Å². The van der Waals surface area contributed by atoms with Gasteiger partial charge in [0.15, 0.2) is 0 Å². The van der Waals surface area contributed by atoms with Gasteiger partial charge in [-0.25, -0.2) is 4.79 Å². The number of pyridine rings is 1. The second kappa shape index (κ2) is 6.37. The van der Waals surface area contributed by atoms with Gasteiger partial charge in [-0.1, -0.05) is 12.2 Å². The second-order valence-corrected chi connectivity index (χ2v) is 4.84. The minimum absolute atomic E-state index is 0.168. The number of aromatic amines is 1. The zero-order valence-corrected chi connectivity index (χ0v) is 11.7. The van der Waals surface area contributed by atoms with Gasteiger partial charge >= 0.3 is 5.97 Å². The number of carbonyl (C=O) groups is 1. The van der Waals surface area contributed by atoms with Crippen molar-refractivity contribution in [1.82, 2.24) is 4.98 Å². The molecule has 0 radical (unpaired) electrons. The number of allylic oxidation sites excluding steroid dienone is 3. The molecule has 106 valence electrons. The Morgan fingerprint density at radius 2 is 2.30 bits per heavy atom. The third kappa shape index (κ3) is 2.74. The molecule has 1 aliphatic carbocycles. The summed E-state index contributed by atoms with van der Waals surface area (Å²) < 4.78 is 4.83. The van der Waals surface area contributed by atoms with Crippen molar-refractivity contribution in [1.29, 1.82) is 0 Å². The Morgan fingerprint density at radius 1 is 1.50 bits per heavy atom. The highest BCUT2D eigenvalue weighted by Crippen LogP contribution is 2.30. The third-order valence-corrected chi connectivity index (χ3v) is 3.56. The highest BCUT2D eigenvalue weighted by atomic mass is 16.5. The SMILES string of the molecule is C=CCc1c(C2=CCCCC2)c(C(=O)OC)c[nH]c1=O. The number of rotatable bonds is 4. The molecular weight excluding hydrogens is 254 g/mol. The number of esters is 1. The maximum atomic E-state index is 12.1. The Morgan fingerprint density at radius 3 is 2.90 bits per heavy atom. The van der Waals surface area contributed by atoms with Crippen LogP contribution in [0.3, 0.4) is 0 Å².